The van der Waals surface area contributed by atoms with Gasteiger partial charge in [-0.3, -0.25) is 0 Å². The minimum absolute atomic E-state index is 0.0587. The normalized spacial score (nSPS) is 14.2. The summed E-state index contributed by atoms with van der Waals surface area (Å²) >= 11 is 6.08. The van der Waals surface area contributed by atoms with Gasteiger partial charge in [0.05, 0.1) is 5.02 Å². The first-order valence-corrected chi connectivity index (χ1v) is 7.00. The van der Waals surface area contributed by atoms with Crippen LogP contribution in [0.5, 0.6) is 11.6 Å². The Morgan fingerprint density at radius 1 is 1.19 bits per heavy atom. The van der Waals surface area contributed by atoms with Crippen LogP contribution in [0.2, 0.25) is 5.02 Å². The Hall–Kier alpha value is -1.72. The lowest BCUT2D eigenvalue weighted by Gasteiger charge is -2.09. The predicted octanol–water partition coefficient (Wildman–Crippen LogP) is 4.06. The largest absolute Gasteiger partial charge is 0.439 e. The number of hydrogen-bond acceptors (Lipinski definition) is 3. The van der Waals surface area contributed by atoms with Gasteiger partial charge in [0.25, 0.3) is 0 Å². The highest BCUT2D eigenvalue weighted by molar-refractivity contribution is 6.31. The summed E-state index contributed by atoms with van der Waals surface area (Å²) in [4.78, 5) is 4.01. The molecule has 110 valence electrons. The summed E-state index contributed by atoms with van der Waals surface area (Å²) in [7, 11) is 0. The topological polar surface area (TPSA) is 34.1 Å². The van der Waals surface area contributed by atoms with Crippen LogP contribution in [0.3, 0.4) is 0 Å². The molecule has 3 nitrogen and oxygen atoms in total. The van der Waals surface area contributed by atoms with E-state index in [1.807, 2.05) is 0 Å². The molecule has 1 saturated carbocycles. The standard InChI is InChI=1S/C15H13ClF2N2O/c16-14-8-20-15(3-9(14)7-19-12-1-2-12)21-13-5-10(17)4-11(18)6-13/h3-6,8,12,19H,1-2,7H2. The number of benzene rings is 1. The van der Waals surface area contributed by atoms with Crippen molar-refractivity contribution >= 4 is 11.6 Å². The number of halogens is 3. The first-order chi connectivity index (χ1) is 10.1. The van der Waals surface area contributed by atoms with Crippen LogP contribution in [0.25, 0.3) is 0 Å². The van der Waals surface area contributed by atoms with Crippen molar-refractivity contribution in [1.82, 2.24) is 10.3 Å². The SMILES string of the molecule is Fc1cc(F)cc(Oc2cc(CNC3CC3)c(Cl)cn2)c1. The second-order valence-electron chi connectivity index (χ2n) is 4.98. The molecule has 0 unspecified atom stereocenters. The highest BCUT2D eigenvalue weighted by Crippen LogP contribution is 2.26. The lowest BCUT2D eigenvalue weighted by molar-refractivity contribution is 0.450. The third kappa shape index (κ3) is 3.89. The van der Waals surface area contributed by atoms with Crippen molar-refractivity contribution in [2.45, 2.75) is 25.4 Å². The Bertz CT molecular complexity index is 642. The van der Waals surface area contributed by atoms with Crippen molar-refractivity contribution in [2.24, 2.45) is 0 Å². The lowest BCUT2D eigenvalue weighted by Crippen LogP contribution is -2.15. The van der Waals surface area contributed by atoms with Gasteiger partial charge in [0.15, 0.2) is 0 Å². The molecule has 1 aromatic carbocycles. The van der Waals surface area contributed by atoms with E-state index in [2.05, 4.69) is 10.3 Å². The molecule has 1 aliphatic rings. The van der Waals surface area contributed by atoms with Gasteiger partial charge in [-0.25, -0.2) is 13.8 Å². The average Bonchev–Trinajstić information content (AvgIpc) is 3.22. The van der Waals surface area contributed by atoms with Gasteiger partial charge < -0.3 is 10.1 Å². The molecule has 3 rings (SSSR count). The summed E-state index contributed by atoms with van der Waals surface area (Å²) < 4.78 is 31.6. The Labute approximate surface area is 125 Å². The predicted molar refractivity (Wildman–Crippen MR) is 75.5 cm³/mol. The van der Waals surface area contributed by atoms with Crippen LogP contribution in [-0.4, -0.2) is 11.0 Å². The van der Waals surface area contributed by atoms with Crippen molar-refractivity contribution in [3.05, 3.63) is 52.7 Å². The smallest absolute Gasteiger partial charge is 0.219 e. The van der Waals surface area contributed by atoms with E-state index in [9.17, 15) is 8.78 Å². The zero-order chi connectivity index (χ0) is 14.8. The second kappa shape index (κ2) is 5.95. The van der Waals surface area contributed by atoms with Gasteiger partial charge >= 0.3 is 0 Å². The van der Waals surface area contributed by atoms with E-state index in [1.54, 1.807) is 6.07 Å². The van der Waals surface area contributed by atoms with Gasteiger partial charge in [0.1, 0.15) is 17.4 Å². The van der Waals surface area contributed by atoms with Gasteiger partial charge in [-0.1, -0.05) is 11.6 Å². The molecule has 6 heteroatoms. The Kier molecular flexibility index (Phi) is 4.03. The summed E-state index contributed by atoms with van der Waals surface area (Å²) in [6.07, 6.45) is 3.82. The summed E-state index contributed by atoms with van der Waals surface area (Å²) in [5, 5.41) is 3.86. The number of pyridine rings is 1. The molecule has 0 atom stereocenters. The van der Waals surface area contributed by atoms with Gasteiger partial charge in [-0.15, -0.1) is 0 Å². The van der Waals surface area contributed by atoms with Crippen LogP contribution in [-0.2, 0) is 6.54 Å². The quantitative estimate of drug-likeness (QED) is 0.904. The van der Waals surface area contributed by atoms with Gasteiger partial charge in [0, 0.05) is 43.0 Å². The molecule has 0 spiro atoms. The minimum atomic E-state index is -0.699. The Balaban J connectivity index is 1.76. The maximum absolute atomic E-state index is 13.1. The van der Waals surface area contributed by atoms with E-state index in [0.717, 1.165) is 23.8 Å². The van der Waals surface area contributed by atoms with E-state index < -0.39 is 11.6 Å². The summed E-state index contributed by atoms with van der Waals surface area (Å²) in [6, 6.07) is 5.20. The second-order valence-corrected chi connectivity index (χ2v) is 5.38. The summed E-state index contributed by atoms with van der Waals surface area (Å²) in [5.41, 5.74) is 0.838. The van der Waals surface area contributed by atoms with E-state index in [1.165, 1.54) is 19.0 Å². The number of ether oxygens (including phenoxy) is 1. The molecule has 21 heavy (non-hydrogen) atoms. The molecule has 1 fully saturated rings. The molecular formula is C15H13ClF2N2O. The first-order valence-electron chi connectivity index (χ1n) is 6.62. The summed E-state index contributed by atoms with van der Waals surface area (Å²) in [5.74, 6) is -1.09. The maximum atomic E-state index is 13.1. The third-order valence-electron chi connectivity index (χ3n) is 3.13. The van der Waals surface area contributed by atoms with Crippen LogP contribution >= 0.6 is 11.6 Å². The first kappa shape index (κ1) is 14.2. The van der Waals surface area contributed by atoms with Crippen LogP contribution in [0.15, 0.2) is 30.5 Å². The van der Waals surface area contributed by atoms with E-state index in [4.69, 9.17) is 16.3 Å². The Morgan fingerprint density at radius 2 is 1.90 bits per heavy atom. The number of aromatic nitrogens is 1. The van der Waals surface area contributed by atoms with E-state index in [-0.39, 0.29) is 11.6 Å². The molecule has 1 N–H and O–H groups in total. The van der Waals surface area contributed by atoms with E-state index in [0.29, 0.717) is 17.6 Å². The van der Waals surface area contributed by atoms with E-state index >= 15 is 0 Å². The van der Waals surface area contributed by atoms with Crippen LogP contribution < -0.4 is 10.1 Å². The van der Waals surface area contributed by atoms with Gasteiger partial charge in [-0.05, 0) is 18.4 Å². The molecule has 0 aliphatic heterocycles. The molecule has 1 aromatic heterocycles. The molecule has 0 amide bonds. The fraction of sp³-hybridized carbons (Fsp3) is 0.267. The zero-order valence-corrected chi connectivity index (χ0v) is 11.8. The van der Waals surface area contributed by atoms with Crippen molar-refractivity contribution in [2.75, 3.05) is 0 Å². The number of hydrogen-bond donors (Lipinski definition) is 1. The van der Waals surface area contributed by atoms with Gasteiger partial charge in [0.2, 0.25) is 5.88 Å². The molecule has 0 radical (unpaired) electrons. The molecule has 0 bridgehead atoms. The lowest BCUT2D eigenvalue weighted by atomic mass is 10.2. The Morgan fingerprint density at radius 3 is 2.57 bits per heavy atom. The van der Waals surface area contributed by atoms with Gasteiger partial charge in [-0.2, -0.15) is 0 Å². The molecule has 2 aromatic rings. The van der Waals surface area contributed by atoms with Crippen LogP contribution in [0.1, 0.15) is 18.4 Å². The van der Waals surface area contributed by atoms with Crippen molar-refractivity contribution in [3.63, 3.8) is 0 Å². The highest BCUT2D eigenvalue weighted by Gasteiger charge is 2.20. The zero-order valence-electron chi connectivity index (χ0n) is 11.1. The van der Waals surface area contributed by atoms with Crippen molar-refractivity contribution < 1.29 is 13.5 Å². The average molecular weight is 311 g/mol. The molecule has 0 saturated heterocycles. The number of nitrogens with one attached hydrogen (secondary N) is 1. The molecule has 1 heterocycles. The van der Waals surface area contributed by atoms with Crippen LogP contribution in [0, 0.1) is 11.6 Å². The van der Waals surface area contributed by atoms with Crippen LogP contribution in [0.4, 0.5) is 8.78 Å². The maximum Gasteiger partial charge on any atom is 0.219 e. The third-order valence-corrected chi connectivity index (χ3v) is 3.47. The number of rotatable bonds is 5. The summed E-state index contributed by atoms with van der Waals surface area (Å²) in [6.45, 7) is 0.611. The fourth-order valence-corrected chi connectivity index (χ4v) is 2.07. The van der Waals surface area contributed by atoms with Crippen molar-refractivity contribution in [1.29, 1.82) is 0 Å². The van der Waals surface area contributed by atoms with Crippen molar-refractivity contribution in [3.8, 4) is 11.6 Å². The number of nitrogens with zero attached hydrogens (tertiary/aromatic N) is 1. The highest BCUT2D eigenvalue weighted by atomic mass is 35.5. The molecule has 1 aliphatic carbocycles. The fourth-order valence-electron chi connectivity index (χ4n) is 1.90. The molecular weight excluding hydrogens is 298 g/mol. The monoisotopic (exact) mass is 310 g/mol. The minimum Gasteiger partial charge on any atom is -0.439 e.